The minimum absolute atomic E-state index is 0.353. The Morgan fingerprint density at radius 3 is 1.94 bits per heavy atom. The summed E-state index contributed by atoms with van der Waals surface area (Å²) in [4.78, 5) is 0. The van der Waals surface area contributed by atoms with Gasteiger partial charge in [-0.05, 0) is 158 Å². The fraction of sp³-hybridized carbons (Fsp3) is 1.00. The lowest BCUT2D eigenvalue weighted by Crippen LogP contribution is -2.61. The van der Waals surface area contributed by atoms with Gasteiger partial charge < -0.3 is 13.3 Å². The lowest BCUT2D eigenvalue weighted by Gasteiger charge is -2.64. The summed E-state index contributed by atoms with van der Waals surface area (Å²) >= 11 is 0. The highest BCUT2D eigenvalue weighted by molar-refractivity contribution is 6.70. The van der Waals surface area contributed by atoms with Gasteiger partial charge in [-0.1, -0.05) is 13.8 Å². The van der Waals surface area contributed by atoms with Crippen LogP contribution in [0.3, 0.4) is 0 Å². The van der Waals surface area contributed by atoms with Crippen molar-refractivity contribution in [3.63, 3.8) is 0 Å². The Morgan fingerprint density at radius 1 is 0.722 bits per heavy atom. The Bertz CT molecular complexity index is 784. The molecule has 3 unspecified atom stereocenters. The Kier molecular flexibility index (Phi) is 8.09. The maximum Gasteiger partial charge on any atom is 0.184 e. The Hall–Kier alpha value is 0.531. The van der Waals surface area contributed by atoms with Crippen LogP contribution in [0.15, 0.2) is 0 Å². The highest BCUT2D eigenvalue weighted by Crippen LogP contribution is 2.68. The molecule has 0 amide bonds. The molecule has 0 N–H and O–H groups in total. The molecule has 0 spiro atoms. The number of fused-ring (bicyclic) bond motifs is 5. The lowest BCUT2D eigenvalue weighted by molar-refractivity contribution is -0.175. The summed E-state index contributed by atoms with van der Waals surface area (Å²) in [7, 11) is -4.72. The van der Waals surface area contributed by atoms with Crippen molar-refractivity contribution in [2.45, 2.75) is 149 Å². The summed E-state index contributed by atoms with van der Waals surface area (Å²) in [5.41, 5.74) is 0.762. The third-order valence-corrected chi connectivity index (χ3v) is 13.9. The summed E-state index contributed by atoms with van der Waals surface area (Å²) in [5.74, 6) is 3.87. The molecule has 36 heavy (non-hydrogen) atoms. The van der Waals surface area contributed by atoms with Gasteiger partial charge >= 0.3 is 0 Å². The van der Waals surface area contributed by atoms with Gasteiger partial charge in [0.2, 0.25) is 0 Å². The lowest BCUT2D eigenvalue weighted by atomic mass is 9.44. The molecule has 0 heterocycles. The van der Waals surface area contributed by atoms with Gasteiger partial charge in [0.15, 0.2) is 25.0 Å². The van der Waals surface area contributed by atoms with Crippen LogP contribution >= 0.6 is 0 Å². The summed E-state index contributed by atoms with van der Waals surface area (Å²) in [6.07, 6.45) is 12.0. The average Bonchev–Trinajstić information content (AvgIpc) is 3.01. The number of rotatable bonds is 7. The van der Waals surface area contributed by atoms with E-state index < -0.39 is 25.0 Å². The second-order valence-corrected chi connectivity index (χ2v) is 30.2. The molecule has 0 bridgehead atoms. The van der Waals surface area contributed by atoms with Crippen molar-refractivity contribution in [2.24, 2.45) is 40.4 Å². The first-order valence-electron chi connectivity index (χ1n) is 15.4. The normalized spacial score (nSPS) is 44.5. The fourth-order valence-corrected chi connectivity index (χ4v) is 13.6. The second-order valence-electron chi connectivity index (χ2n) is 16.8. The van der Waals surface area contributed by atoms with Gasteiger partial charge in [-0.25, -0.2) is 0 Å². The third kappa shape index (κ3) is 5.99. The maximum atomic E-state index is 7.25. The Morgan fingerprint density at radius 2 is 1.36 bits per heavy atom. The molecule has 4 fully saturated rings. The standard InChI is InChI=1S/C30H60O3Si3/c1-21(31-34(4,5)6)25-15-16-26-24-14-13-22-19-23(32-35(7,8)9)17-18-29(22,2)28(24)27(20-30(25,26)3)33-36(10,11)12/h21-28H,13-20H2,1-12H3/t21-,22-,23-,24?,25-,26?,27+,28?,29+,30-/m1/s1. The van der Waals surface area contributed by atoms with Crippen molar-refractivity contribution in [3.05, 3.63) is 0 Å². The van der Waals surface area contributed by atoms with E-state index in [0.717, 1.165) is 23.7 Å². The van der Waals surface area contributed by atoms with E-state index in [1.807, 2.05) is 0 Å². The predicted molar refractivity (Wildman–Crippen MR) is 161 cm³/mol. The number of hydrogen-bond acceptors (Lipinski definition) is 3. The topological polar surface area (TPSA) is 27.7 Å². The van der Waals surface area contributed by atoms with Crippen molar-refractivity contribution in [1.29, 1.82) is 0 Å². The zero-order valence-corrected chi connectivity index (χ0v) is 29.0. The summed E-state index contributed by atoms with van der Waals surface area (Å²) in [6.45, 7) is 29.2. The van der Waals surface area contributed by atoms with Crippen molar-refractivity contribution >= 4 is 25.0 Å². The molecule has 6 heteroatoms. The highest BCUT2D eigenvalue weighted by Gasteiger charge is 2.64. The van der Waals surface area contributed by atoms with Crippen LogP contribution in [0.1, 0.15) is 72.1 Å². The monoisotopic (exact) mass is 552 g/mol. The molecule has 4 aliphatic carbocycles. The van der Waals surface area contributed by atoms with Crippen LogP contribution in [-0.4, -0.2) is 43.3 Å². The molecule has 210 valence electrons. The summed E-state index contributed by atoms with van der Waals surface area (Å²) in [5, 5.41) is 0. The van der Waals surface area contributed by atoms with Crippen LogP contribution in [0.2, 0.25) is 58.9 Å². The van der Waals surface area contributed by atoms with Crippen LogP contribution in [0.5, 0.6) is 0 Å². The van der Waals surface area contributed by atoms with Crippen molar-refractivity contribution in [3.8, 4) is 0 Å². The first kappa shape index (κ1) is 29.5. The zero-order valence-electron chi connectivity index (χ0n) is 26.0. The first-order valence-corrected chi connectivity index (χ1v) is 25.6. The van der Waals surface area contributed by atoms with Gasteiger partial charge in [-0.3, -0.25) is 0 Å². The molecule has 0 radical (unpaired) electrons. The van der Waals surface area contributed by atoms with Crippen molar-refractivity contribution in [1.82, 2.24) is 0 Å². The van der Waals surface area contributed by atoms with E-state index in [1.54, 1.807) is 0 Å². The smallest absolute Gasteiger partial charge is 0.184 e. The maximum absolute atomic E-state index is 7.25. The third-order valence-electron chi connectivity index (χ3n) is 10.7. The minimum atomic E-state index is -1.66. The predicted octanol–water partition coefficient (Wildman–Crippen LogP) is 8.94. The van der Waals surface area contributed by atoms with Gasteiger partial charge in [0.25, 0.3) is 0 Å². The van der Waals surface area contributed by atoms with E-state index in [1.165, 1.54) is 51.4 Å². The average molecular weight is 553 g/mol. The van der Waals surface area contributed by atoms with E-state index in [9.17, 15) is 0 Å². The molecule has 0 aliphatic heterocycles. The van der Waals surface area contributed by atoms with E-state index >= 15 is 0 Å². The molecular formula is C30H60O3Si3. The van der Waals surface area contributed by atoms with Gasteiger partial charge in [0.1, 0.15) is 0 Å². The quantitative estimate of drug-likeness (QED) is 0.295. The van der Waals surface area contributed by atoms with Gasteiger partial charge in [0, 0.05) is 18.3 Å². The zero-order chi connectivity index (χ0) is 26.9. The first-order chi connectivity index (χ1) is 16.3. The summed E-state index contributed by atoms with van der Waals surface area (Å²) < 4.78 is 20.7. The van der Waals surface area contributed by atoms with Crippen molar-refractivity contribution in [2.75, 3.05) is 0 Å². The van der Waals surface area contributed by atoms with E-state index in [-0.39, 0.29) is 0 Å². The molecule has 0 saturated heterocycles. The van der Waals surface area contributed by atoms with E-state index in [2.05, 4.69) is 79.7 Å². The molecule has 4 saturated carbocycles. The van der Waals surface area contributed by atoms with E-state index in [4.69, 9.17) is 13.3 Å². The van der Waals surface area contributed by atoms with Crippen molar-refractivity contribution < 1.29 is 13.3 Å². The van der Waals surface area contributed by atoms with E-state index in [0.29, 0.717) is 35.1 Å². The highest BCUT2D eigenvalue weighted by atomic mass is 28.4. The molecule has 4 rings (SSSR count). The summed E-state index contributed by atoms with van der Waals surface area (Å²) in [6, 6.07) is 0. The Balaban J connectivity index is 1.63. The van der Waals surface area contributed by atoms with Crippen LogP contribution < -0.4 is 0 Å². The SMILES string of the molecule is C[C@@H](O[Si](C)(C)C)[C@H]1CCC2C3CC[C@@H]4C[C@H](O[Si](C)(C)C)CC[C@]4(C)C3[C@@H](O[Si](C)(C)C)C[C@@]21C. The molecule has 0 aromatic carbocycles. The molecule has 0 aromatic heterocycles. The van der Waals surface area contributed by atoms with Gasteiger partial charge in [-0.15, -0.1) is 0 Å². The number of hydrogen-bond donors (Lipinski definition) is 0. The molecular weight excluding hydrogens is 493 g/mol. The van der Waals surface area contributed by atoms with Crippen LogP contribution in [0.4, 0.5) is 0 Å². The second kappa shape index (κ2) is 9.87. The van der Waals surface area contributed by atoms with Crippen LogP contribution in [-0.2, 0) is 13.3 Å². The largest absolute Gasteiger partial charge is 0.415 e. The molecule has 10 atom stereocenters. The van der Waals surface area contributed by atoms with Gasteiger partial charge in [0.05, 0.1) is 0 Å². The van der Waals surface area contributed by atoms with Crippen LogP contribution in [0.25, 0.3) is 0 Å². The van der Waals surface area contributed by atoms with Gasteiger partial charge in [-0.2, -0.15) is 0 Å². The fourth-order valence-electron chi connectivity index (χ4n) is 9.93. The molecule has 3 nitrogen and oxygen atoms in total. The molecule has 0 aromatic rings. The minimum Gasteiger partial charge on any atom is -0.415 e. The van der Waals surface area contributed by atoms with Crippen LogP contribution in [0, 0.1) is 40.4 Å². The Labute approximate surface area is 227 Å². The molecule has 4 aliphatic rings.